The number of imidazole rings is 1. The van der Waals surface area contributed by atoms with Crippen LogP contribution in [0.25, 0.3) is 0 Å². The average Bonchev–Trinajstić information content (AvgIpc) is 3.07. The molecule has 1 amide bonds. The van der Waals surface area contributed by atoms with Gasteiger partial charge in [-0.25, -0.2) is 4.98 Å². The van der Waals surface area contributed by atoms with Gasteiger partial charge >= 0.3 is 0 Å². The van der Waals surface area contributed by atoms with Gasteiger partial charge in [-0.1, -0.05) is 0 Å². The molecule has 4 rings (SSSR count). The highest BCUT2D eigenvalue weighted by atomic mass is 16.6. The van der Waals surface area contributed by atoms with Crippen molar-refractivity contribution < 1.29 is 14.3 Å². The van der Waals surface area contributed by atoms with E-state index < -0.39 is 0 Å². The summed E-state index contributed by atoms with van der Waals surface area (Å²) < 4.78 is 11.1. The number of ether oxygens (including phenoxy) is 2. The van der Waals surface area contributed by atoms with Crippen molar-refractivity contribution >= 4 is 5.91 Å². The van der Waals surface area contributed by atoms with Gasteiger partial charge in [-0.15, -0.1) is 0 Å². The molecule has 126 valence electrons. The van der Waals surface area contributed by atoms with E-state index in [1.54, 1.807) is 6.07 Å². The normalized spacial score (nSPS) is 20.0. The van der Waals surface area contributed by atoms with Crippen molar-refractivity contribution in [3.05, 3.63) is 41.5 Å². The van der Waals surface area contributed by atoms with Crippen LogP contribution in [-0.4, -0.2) is 47.1 Å². The summed E-state index contributed by atoms with van der Waals surface area (Å²) in [6.07, 6.45) is 3.88. The Morgan fingerprint density at radius 2 is 2.12 bits per heavy atom. The topological polar surface area (TPSA) is 67.5 Å². The Bertz CT molecular complexity index is 756. The van der Waals surface area contributed by atoms with Crippen LogP contribution in [0.3, 0.4) is 0 Å². The summed E-state index contributed by atoms with van der Waals surface area (Å²) in [6, 6.07) is 5.42. The van der Waals surface area contributed by atoms with Gasteiger partial charge in [0, 0.05) is 36.5 Å². The summed E-state index contributed by atoms with van der Waals surface area (Å²) in [7, 11) is 0. The second kappa shape index (κ2) is 6.19. The fourth-order valence-electron chi connectivity index (χ4n) is 3.38. The van der Waals surface area contributed by atoms with Gasteiger partial charge < -0.3 is 19.4 Å². The monoisotopic (exact) mass is 327 g/mol. The van der Waals surface area contributed by atoms with Gasteiger partial charge in [0.25, 0.3) is 5.91 Å². The van der Waals surface area contributed by atoms with Gasteiger partial charge in [0.1, 0.15) is 19.0 Å². The lowest BCUT2D eigenvalue weighted by Crippen LogP contribution is -2.39. The van der Waals surface area contributed by atoms with E-state index in [1.807, 2.05) is 30.2 Å². The molecular weight excluding hydrogens is 306 g/mol. The maximum absolute atomic E-state index is 12.9. The van der Waals surface area contributed by atoms with Crippen LogP contribution in [0.5, 0.6) is 11.5 Å². The van der Waals surface area contributed by atoms with Gasteiger partial charge in [-0.05, 0) is 38.0 Å². The zero-order valence-corrected chi connectivity index (χ0v) is 13.7. The quantitative estimate of drug-likeness (QED) is 0.920. The fraction of sp³-hybridized carbons (Fsp3) is 0.444. The first-order valence-electron chi connectivity index (χ1n) is 8.41. The number of likely N-dealkylation sites (tertiary alicyclic amines) is 1. The molecule has 1 atom stereocenters. The molecule has 6 heteroatoms. The number of carbonyl (C=O) groups is 1. The molecule has 24 heavy (non-hydrogen) atoms. The first-order valence-corrected chi connectivity index (χ1v) is 8.41. The molecule has 0 aliphatic carbocycles. The number of aromatic nitrogens is 2. The van der Waals surface area contributed by atoms with Crippen LogP contribution in [0.1, 0.15) is 40.6 Å². The van der Waals surface area contributed by atoms with Gasteiger partial charge in [-0.3, -0.25) is 4.79 Å². The number of piperidine rings is 1. The number of amides is 1. The maximum atomic E-state index is 12.9. The highest BCUT2D eigenvalue weighted by Crippen LogP contribution is 2.32. The SMILES string of the molecule is Cc1cnc(C2CCCN(C(=O)c3ccc4c(c3)OCCO4)C2)[nH]1. The largest absolute Gasteiger partial charge is 0.486 e. The number of hydrogen-bond acceptors (Lipinski definition) is 4. The van der Waals surface area contributed by atoms with E-state index in [0.29, 0.717) is 36.8 Å². The van der Waals surface area contributed by atoms with E-state index in [1.165, 1.54) is 0 Å². The molecule has 2 aromatic rings. The molecule has 1 aromatic carbocycles. The van der Waals surface area contributed by atoms with E-state index in [-0.39, 0.29) is 11.8 Å². The Hall–Kier alpha value is -2.50. The maximum Gasteiger partial charge on any atom is 0.254 e. The highest BCUT2D eigenvalue weighted by Gasteiger charge is 2.27. The lowest BCUT2D eigenvalue weighted by Gasteiger charge is -2.32. The number of nitrogens with zero attached hydrogens (tertiary/aromatic N) is 2. The molecule has 6 nitrogen and oxygen atoms in total. The Labute approximate surface area is 140 Å². The zero-order valence-electron chi connectivity index (χ0n) is 13.7. The predicted octanol–water partition coefficient (Wildman–Crippen LogP) is 2.51. The third kappa shape index (κ3) is 2.84. The van der Waals surface area contributed by atoms with Crippen LogP contribution in [-0.2, 0) is 0 Å². The summed E-state index contributed by atoms with van der Waals surface area (Å²) in [5.74, 6) is 2.66. The third-order valence-electron chi connectivity index (χ3n) is 4.61. The Balaban J connectivity index is 1.51. The molecule has 0 spiro atoms. The van der Waals surface area contributed by atoms with Crippen molar-refractivity contribution in [3.63, 3.8) is 0 Å². The number of aryl methyl sites for hydroxylation is 1. The van der Waals surface area contributed by atoms with Gasteiger partial charge in [0.05, 0.1) is 0 Å². The minimum absolute atomic E-state index is 0.0416. The van der Waals surface area contributed by atoms with Crippen molar-refractivity contribution in [3.8, 4) is 11.5 Å². The summed E-state index contributed by atoms with van der Waals surface area (Å²) >= 11 is 0. The number of nitrogens with one attached hydrogen (secondary N) is 1. The molecule has 2 aliphatic rings. The molecule has 0 bridgehead atoms. The standard InChI is InChI=1S/C18H21N3O3/c1-12-10-19-17(20-12)14-3-2-6-21(11-14)18(22)13-4-5-15-16(9-13)24-8-7-23-15/h4-5,9-10,14H,2-3,6-8,11H2,1H3,(H,19,20). The van der Waals surface area contributed by atoms with Crippen LogP contribution in [0.4, 0.5) is 0 Å². The number of H-pyrrole nitrogens is 1. The van der Waals surface area contributed by atoms with Crippen molar-refractivity contribution in [1.29, 1.82) is 0 Å². The number of aromatic amines is 1. The number of hydrogen-bond donors (Lipinski definition) is 1. The molecule has 1 aromatic heterocycles. The second-order valence-electron chi connectivity index (χ2n) is 6.40. The smallest absolute Gasteiger partial charge is 0.254 e. The number of rotatable bonds is 2. The number of carbonyl (C=O) groups excluding carboxylic acids is 1. The van der Waals surface area contributed by atoms with Crippen LogP contribution in [0.15, 0.2) is 24.4 Å². The molecular formula is C18H21N3O3. The van der Waals surface area contributed by atoms with Crippen LogP contribution < -0.4 is 9.47 Å². The summed E-state index contributed by atoms with van der Waals surface area (Å²) in [6.45, 7) is 4.55. The van der Waals surface area contributed by atoms with Gasteiger partial charge in [0.15, 0.2) is 11.5 Å². The van der Waals surface area contributed by atoms with Crippen LogP contribution in [0, 0.1) is 6.92 Å². The average molecular weight is 327 g/mol. The molecule has 1 N–H and O–H groups in total. The van der Waals surface area contributed by atoms with E-state index in [2.05, 4.69) is 9.97 Å². The van der Waals surface area contributed by atoms with E-state index in [4.69, 9.17) is 9.47 Å². The van der Waals surface area contributed by atoms with Gasteiger partial charge in [-0.2, -0.15) is 0 Å². The third-order valence-corrected chi connectivity index (χ3v) is 4.61. The molecule has 0 saturated carbocycles. The number of benzene rings is 1. The zero-order chi connectivity index (χ0) is 16.5. The molecule has 1 unspecified atom stereocenters. The second-order valence-corrected chi connectivity index (χ2v) is 6.40. The molecule has 1 saturated heterocycles. The first kappa shape index (κ1) is 15.1. The van der Waals surface area contributed by atoms with Crippen LogP contribution in [0.2, 0.25) is 0 Å². The molecule has 0 radical (unpaired) electrons. The van der Waals surface area contributed by atoms with E-state index in [0.717, 1.165) is 30.9 Å². The Morgan fingerprint density at radius 3 is 2.92 bits per heavy atom. The lowest BCUT2D eigenvalue weighted by molar-refractivity contribution is 0.0703. The summed E-state index contributed by atoms with van der Waals surface area (Å²) in [5, 5.41) is 0. The van der Waals surface area contributed by atoms with Gasteiger partial charge in [0.2, 0.25) is 0 Å². The Morgan fingerprint density at radius 1 is 1.29 bits per heavy atom. The minimum Gasteiger partial charge on any atom is -0.486 e. The predicted molar refractivity (Wildman–Crippen MR) is 88.6 cm³/mol. The fourth-order valence-corrected chi connectivity index (χ4v) is 3.38. The van der Waals surface area contributed by atoms with Crippen molar-refractivity contribution in [2.75, 3.05) is 26.3 Å². The van der Waals surface area contributed by atoms with Crippen LogP contribution >= 0.6 is 0 Å². The number of fused-ring (bicyclic) bond motifs is 1. The van der Waals surface area contributed by atoms with E-state index >= 15 is 0 Å². The first-order chi connectivity index (χ1) is 11.7. The molecule has 2 aliphatic heterocycles. The van der Waals surface area contributed by atoms with Crippen molar-refractivity contribution in [2.24, 2.45) is 0 Å². The summed E-state index contributed by atoms with van der Waals surface area (Å²) in [5.41, 5.74) is 1.70. The summed E-state index contributed by atoms with van der Waals surface area (Å²) in [4.78, 5) is 22.5. The Kier molecular flexibility index (Phi) is 3.88. The minimum atomic E-state index is 0.0416. The van der Waals surface area contributed by atoms with Crippen molar-refractivity contribution in [1.82, 2.24) is 14.9 Å². The highest BCUT2D eigenvalue weighted by molar-refractivity contribution is 5.95. The molecule has 3 heterocycles. The lowest BCUT2D eigenvalue weighted by atomic mass is 9.96. The van der Waals surface area contributed by atoms with E-state index in [9.17, 15) is 4.79 Å². The molecule has 1 fully saturated rings. The van der Waals surface area contributed by atoms with Crippen molar-refractivity contribution in [2.45, 2.75) is 25.7 Å².